The first-order chi connectivity index (χ1) is 13.1. The van der Waals surface area contributed by atoms with Gasteiger partial charge in [0.05, 0.1) is 20.6 Å². The molecule has 150 valence electrons. The molecule has 0 atom stereocenters. The monoisotopic (exact) mass is 375 g/mol. The lowest BCUT2D eigenvalue weighted by molar-refractivity contribution is -0.141. The number of carbonyl (C=O) groups is 2. The van der Waals surface area contributed by atoms with E-state index in [2.05, 4.69) is 0 Å². The molecule has 0 heterocycles. The zero-order valence-electron chi connectivity index (χ0n) is 16.7. The summed E-state index contributed by atoms with van der Waals surface area (Å²) in [5, 5.41) is 0. The van der Waals surface area contributed by atoms with Crippen LogP contribution < -0.4 is 4.74 Å². The Morgan fingerprint density at radius 3 is 2.33 bits per heavy atom. The first-order valence-corrected chi connectivity index (χ1v) is 10.1. The van der Waals surface area contributed by atoms with E-state index in [9.17, 15) is 9.59 Å². The standard InChI is InChI=1S/C22H33NO4/c1-26-20-11-8-19(9-12-20)14-16-23(17-15-22(25)27-2)21(24)13-10-18-6-4-3-5-7-18/h8-9,11-12,18H,3-7,10,13-17H2,1-2H3. The molecular formula is C22H33NO4. The van der Waals surface area contributed by atoms with Crippen LogP contribution in [0.3, 0.4) is 0 Å². The van der Waals surface area contributed by atoms with Crippen LogP contribution in [0.5, 0.6) is 5.75 Å². The molecule has 1 saturated carbocycles. The van der Waals surface area contributed by atoms with Crippen LogP contribution in [0.15, 0.2) is 24.3 Å². The Balaban J connectivity index is 1.87. The van der Waals surface area contributed by atoms with E-state index in [1.165, 1.54) is 39.2 Å². The summed E-state index contributed by atoms with van der Waals surface area (Å²) in [5.74, 6) is 1.39. The Morgan fingerprint density at radius 2 is 1.70 bits per heavy atom. The number of benzene rings is 1. The van der Waals surface area contributed by atoms with Crippen LogP contribution in [0.4, 0.5) is 0 Å². The Labute approximate surface area is 163 Å². The molecule has 1 aliphatic carbocycles. The minimum atomic E-state index is -0.274. The predicted octanol–water partition coefficient (Wildman–Crippen LogP) is 3.99. The number of ether oxygens (including phenoxy) is 2. The lowest BCUT2D eigenvalue weighted by atomic mass is 9.86. The Hall–Kier alpha value is -2.04. The summed E-state index contributed by atoms with van der Waals surface area (Å²) in [7, 11) is 3.03. The lowest BCUT2D eigenvalue weighted by Gasteiger charge is -2.25. The third-order valence-corrected chi connectivity index (χ3v) is 5.49. The molecule has 1 aliphatic rings. The molecule has 1 aromatic rings. The number of hydrogen-bond donors (Lipinski definition) is 0. The Bertz CT molecular complexity index is 578. The van der Waals surface area contributed by atoms with Crippen molar-refractivity contribution in [2.24, 2.45) is 5.92 Å². The maximum absolute atomic E-state index is 12.8. The quantitative estimate of drug-likeness (QED) is 0.580. The molecule has 27 heavy (non-hydrogen) atoms. The van der Waals surface area contributed by atoms with Gasteiger partial charge in [0.1, 0.15) is 5.75 Å². The third-order valence-electron chi connectivity index (χ3n) is 5.49. The molecule has 1 aromatic carbocycles. The summed E-state index contributed by atoms with van der Waals surface area (Å²) in [5.41, 5.74) is 1.15. The lowest BCUT2D eigenvalue weighted by Crippen LogP contribution is -2.35. The van der Waals surface area contributed by atoms with Crippen LogP contribution in [0.1, 0.15) is 56.9 Å². The van der Waals surface area contributed by atoms with Crippen molar-refractivity contribution in [1.82, 2.24) is 4.90 Å². The second-order valence-corrected chi connectivity index (χ2v) is 7.35. The number of nitrogens with zero attached hydrogens (tertiary/aromatic N) is 1. The van der Waals surface area contributed by atoms with Crippen LogP contribution in [0, 0.1) is 5.92 Å². The highest BCUT2D eigenvalue weighted by Crippen LogP contribution is 2.27. The van der Waals surface area contributed by atoms with Crippen molar-refractivity contribution in [1.29, 1.82) is 0 Å². The van der Waals surface area contributed by atoms with E-state index in [0.717, 1.165) is 24.2 Å². The number of methoxy groups -OCH3 is 2. The van der Waals surface area contributed by atoms with Gasteiger partial charge < -0.3 is 14.4 Å². The van der Waals surface area contributed by atoms with Gasteiger partial charge in [-0.05, 0) is 36.5 Å². The summed E-state index contributed by atoms with van der Waals surface area (Å²) in [6.07, 6.45) is 8.98. The smallest absolute Gasteiger partial charge is 0.307 e. The van der Waals surface area contributed by atoms with Crippen LogP contribution in [-0.2, 0) is 20.7 Å². The van der Waals surface area contributed by atoms with E-state index in [-0.39, 0.29) is 18.3 Å². The van der Waals surface area contributed by atoms with E-state index in [0.29, 0.717) is 25.4 Å². The number of hydrogen-bond acceptors (Lipinski definition) is 4. The van der Waals surface area contributed by atoms with Crippen molar-refractivity contribution >= 4 is 11.9 Å². The van der Waals surface area contributed by atoms with Gasteiger partial charge >= 0.3 is 5.97 Å². The number of rotatable bonds is 10. The Kier molecular flexibility index (Phi) is 9.16. The molecule has 0 aliphatic heterocycles. The van der Waals surface area contributed by atoms with Gasteiger partial charge in [0, 0.05) is 19.5 Å². The minimum absolute atomic E-state index is 0.151. The number of esters is 1. The molecule has 5 nitrogen and oxygen atoms in total. The van der Waals surface area contributed by atoms with Crippen molar-refractivity contribution < 1.29 is 19.1 Å². The number of amides is 1. The fourth-order valence-corrected chi connectivity index (χ4v) is 3.71. The van der Waals surface area contributed by atoms with E-state index < -0.39 is 0 Å². The fourth-order valence-electron chi connectivity index (χ4n) is 3.71. The highest BCUT2D eigenvalue weighted by molar-refractivity contribution is 5.77. The molecule has 0 N–H and O–H groups in total. The summed E-state index contributed by atoms with van der Waals surface area (Å²) in [6.45, 7) is 1.04. The van der Waals surface area contributed by atoms with E-state index in [1.54, 1.807) is 7.11 Å². The number of carbonyl (C=O) groups excluding carboxylic acids is 2. The van der Waals surface area contributed by atoms with E-state index in [1.807, 2.05) is 29.2 Å². The molecule has 5 heteroatoms. The van der Waals surface area contributed by atoms with Crippen molar-refractivity contribution in [3.63, 3.8) is 0 Å². The van der Waals surface area contributed by atoms with Crippen molar-refractivity contribution in [2.75, 3.05) is 27.3 Å². The molecule has 0 saturated heterocycles. The maximum Gasteiger partial charge on any atom is 0.307 e. The van der Waals surface area contributed by atoms with Crippen LogP contribution >= 0.6 is 0 Å². The SMILES string of the molecule is COC(=O)CCN(CCc1ccc(OC)cc1)C(=O)CCC1CCCCC1. The molecule has 2 rings (SSSR count). The molecule has 0 radical (unpaired) electrons. The van der Waals surface area contributed by atoms with Crippen molar-refractivity contribution in [3.8, 4) is 5.75 Å². The topological polar surface area (TPSA) is 55.8 Å². The van der Waals surface area contributed by atoms with Crippen molar-refractivity contribution in [2.45, 2.75) is 57.8 Å². The average molecular weight is 376 g/mol. The summed E-state index contributed by atoms with van der Waals surface area (Å²) in [4.78, 5) is 26.1. The average Bonchev–Trinajstić information content (AvgIpc) is 2.73. The second-order valence-electron chi connectivity index (χ2n) is 7.35. The van der Waals surface area contributed by atoms with E-state index in [4.69, 9.17) is 9.47 Å². The van der Waals surface area contributed by atoms with Crippen LogP contribution in [0.2, 0.25) is 0 Å². The van der Waals surface area contributed by atoms with Gasteiger partial charge in [0.15, 0.2) is 0 Å². The largest absolute Gasteiger partial charge is 0.497 e. The van der Waals surface area contributed by atoms with Gasteiger partial charge in [0.2, 0.25) is 5.91 Å². The fraction of sp³-hybridized carbons (Fsp3) is 0.636. The first-order valence-electron chi connectivity index (χ1n) is 10.1. The maximum atomic E-state index is 12.8. The van der Waals surface area contributed by atoms with Gasteiger partial charge in [0.25, 0.3) is 0 Å². The third kappa shape index (κ3) is 7.61. The molecule has 0 bridgehead atoms. The van der Waals surface area contributed by atoms with Gasteiger partial charge in [-0.15, -0.1) is 0 Å². The van der Waals surface area contributed by atoms with E-state index >= 15 is 0 Å². The highest BCUT2D eigenvalue weighted by Gasteiger charge is 2.19. The van der Waals surface area contributed by atoms with Crippen LogP contribution in [-0.4, -0.2) is 44.1 Å². The van der Waals surface area contributed by atoms with Crippen LogP contribution in [0.25, 0.3) is 0 Å². The van der Waals surface area contributed by atoms with Gasteiger partial charge in [-0.1, -0.05) is 44.2 Å². The molecule has 0 aromatic heterocycles. The van der Waals surface area contributed by atoms with Gasteiger partial charge in [-0.3, -0.25) is 9.59 Å². The second kappa shape index (κ2) is 11.6. The normalized spacial score (nSPS) is 14.6. The Morgan fingerprint density at radius 1 is 1.00 bits per heavy atom. The molecule has 1 amide bonds. The first kappa shape index (κ1) is 21.3. The predicted molar refractivity (Wildman–Crippen MR) is 106 cm³/mol. The summed E-state index contributed by atoms with van der Waals surface area (Å²) >= 11 is 0. The molecular weight excluding hydrogens is 342 g/mol. The molecule has 0 spiro atoms. The minimum Gasteiger partial charge on any atom is -0.497 e. The zero-order valence-corrected chi connectivity index (χ0v) is 16.7. The van der Waals surface area contributed by atoms with Gasteiger partial charge in [-0.2, -0.15) is 0 Å². The summed E-state index contributed by atoms with van der Waals surface area (Å²) in [6, 6.07) is 7.89. The van der Waals surface area contributed by atoms with Gasteiger partial charge in [-0.25, -0.2) is 0 Å². The molecule has 0 unspecified atom stereocenters. The highest BCUT2D eigenvalue weighted by atomic mass is 16.5. The zero-order chi connectivity index (χ0) is 19.5. The summed E-state index contributed by atoms with van der Waals surface area (Å²) < 4.78 is 9.92. The molecule has 1 fully saturated rings. The van der Waals surface area contributed by atoms with Crippen molar-refractivity contribution in [3.05, 3.63) is 29.8 Å².